The number of aliphatic carboxylic acids is 1. The molecule has 0 spiro atoms. The van der Waals surface area contributed by atoms with Crippen molar-refractivity contribution in [3.05, 3.63) is 0 Å². The van der Waals surface area contributed by atoms with Crippen molar-refractivity contribution >= 4 is 11.9 Å². The molecule has 1 saturated heterocycles. The fraction of sp³-hybridized carbons (Fsp3) is 0.800. The number of hydrogen-bond donors (Lipinski definition) is 2. The Kier molecular flexibility index (Phi) is 4.08. The Hall–Kier alpha value is -1.10. The topological polar surface area (TPSA) is 69.6 Å². The van der Waals surface area contributed by atoms with Gasteiger partial charge in [-0.3, -0.25) is 9.59 Å². The molecule has 2 atom stereocenters. The Bertz CT molecular complexity index is 255. The minimum Gasteiger partial charge on any atom is -0.481 e. The van der Waals surface area contributed by atoms with Crippen molar-refractivity contribution < 1.29 is 14.7 Å². The van der Waals surface area contributed by atoms with Gasteiger partial charge in [-0.15, -0.1) is 0 Å². The van der Waals surface area contributed by atoms with Crippen molar-refractivity contribution in [2.75, 3.05) is 13.1 Å². The molecule has 0 aromatic heterocycles. The molecule has 15 heavy (non-hydrogen) atoms. The van der Waals surface area contributed by atoms with E-state index in [4.69, 9.17) is 5.11 Å². The summed E-state index contributed by atoms with van der Waals surface area (Å²) in [6.07, 6.45) is 0.732. The van der Waals surface area contributed by atoms with Crippen LogP contribution in [0.25, 0.3) is 0 Å². The summed E-state index contributed by atoms with van der Waals surface area (Å²) in [5.74, 6) is -1.03. The first-order chi connectivity index (χ1) is 7.04. The monoisotopic (exact) mass is 214 g/mol. The van der Waals surface area contributed by atoms with Crippen LogP contribution in [-0.4, -0.2) is 47.1 Å². The van der Waals surface area contributed by atoms with E-state index < -0.39 is 12.0 Å². The molecule has 1 fully saturated rings. The zero-order valence-electron chi connectivity index (χ0n) is 9.19. The fourth-order valence-corrected chi connectivity index (χ4v) is 1.81. The number of nitrogens with one attached hydrogen (secondary N) is 1. The minimum atomic E-state index is -0.939. The third-order valence-corrected chi connectivity index (χ3v) is 2.69. The third kappa shape index (κ3) is 3.20. The van der Waals surface area contributed by atoms with E-state index in [0.717, 1.165) is 6.42 Å². The number of amides is 1. The number of carbonyl (C=O) groups excluding carboxylic acids is 1. The lowest BCUT2D eigenvalue weighted by Gasteiger charge is -2.21. The highest BCUT2D eigenvalue weighted by molar-refractivity contribution is 5.86. The molecule has 86 valence electrons. The van der Waals surface area contributed by atoms with Crippen LogP contribution in [0.4, 0.5) is 0 Å². The second-order valence-corrected chi connectivity index (χ2v) is 3.92. The van der Waals surface area contributed by atoms with Gasteiger partial charge in [0.1, 0.15) is 0 Å². The van der Waals surface area contributed by atoms with Gasteiger partial charge in [-0.2, -0.15) is 0 Å². The lowest BCUT2D eigenvalue weighted by molar-refractivity contribution is -0.142. The maximum atomic E-state index is 11.9. The lowest BCUT2D eigenvalue weighted by atomic mass is 10.1. The number of carbonyl (C=O) groups is 2. The smallest absolute Gasteiger partial charge is 0.305 e. The van der Waals surface area contributed by atoms with Crippen molar-refractivity contribution in [1.82, 2.24) is 10.2 Å². The van der Waals surface area contributed by atoms with E-state index in [0.29, 0.717) is 13.1 Å². The highest BCUT2D eigenvalue weighted by atomic mass is 16.4. The van der Waals surface area contributed by atoms with Crippen molar-refractivity contribution in [3.8, 4) is 0 Å². The summed E-state index contributed by atoms with van der Waals surface area (Å²) >= 11 is 0. The number of carboxylic acids is 1. The summed E-state index contributed by atoms with van der Waals surface area (Å²) in [6, 6.07) is -0.380. The second kappa shape index (κ2) is 5.11. The van der Waals surface area contributed by atoms with Crippen molar-refractivity contribution in [2.24, 2.45) is 0 Å². The second-order valence-electron chi connectivity index (χ2n) is 3.92. The molecule has 1 amide bonds. The SMILES string of the molecule is CCN1CCC(C)NC(CC(=O)O)C1=O. The van der Waals surface area contributed by atoms with Crippen LogP contribution in [0.2, 0.25) is 0 Å². The average molecular weight is 214 g/mol. The van der Waals surface area contributed by atoms with Gasteiger partial charge in [0.05, 0.1) is 12.5 Å². The summed E-state index contributed by atoms with van der Waals surface area (Å²) in [4.78, 5) is 24.2. The third-order valence-electron chi connectivity index (χ3n) is 2.69. The van der Waals surface area contributed by atoms with Gasteiger partial charge in [0.2, 0.25) is 5.91 Å². The molecule has 0 bridgehead atoms. The van der Waals surface area contributed by atoms with E-state index in [1.807, 2.05) is 13.8 Å². The van der Waals surface area contributed by atoms with E-state index in [9.17, 15) is 9.59 Å². The van der Waals surface area contributed by atoms with Gasteiger partial charge in [0.25, 0.3) is 0 Å². The van der Waals surface area contributed by atoms with E-state index >= 15 is 0 Å². The van der Waals surface area contributed by atoms with Crippen LogP contribution in [0.1, 0.15) is 26.7 Å². The molecule has 1 heterocycles. The normalized spacial score (nSPS) is 27.6. The first kappa shape index (κ1) is 12.0. The Morgan fingerprint density at radius 1 is 1.67 bits per heavy atom. The zero-order valence-corrected chi connectivity index (χ0v) is 9.19. The van der Waals surface area contributed by atoms with Gasteiger partial charge in [-0.25, -0.2) is 0 Å². The number of likely N-dealkylation sites (N-methyl/N-ethyl adjacent to an activating group) is 1. The molecule has 1 rings (SSSR count). The molecular weight excluding hydrogens is 196 g/mol. The van der Waals surface area contributed by atoms with Crippen LogP contribution >= 0.6 is 0 Å². The van der Waals surface area contributed by atoms with Crippen LogP contribution in [0.3, 0.4) is 0 Å². The van der Waals surface area contributed by atoms with Crippen molar-refractivity contribution in [2.45, 2.75) is 38.8 Å². The van der Waals surface area contributed by atoms with Gasteiger partial charge < -0.3 is 15.3 Å². The molecule has 2 N–H and O–H groups in total. The van der Waals surface area contributed by atoms with E-state index in [2.05, 4.69) is 5.32 Å². The van der Waals surface area contributed by atoms with E-state index in [1.165, 1.54) is 0 Å². The summed E-state index contributed by atoms with van der Waals surface area (Å²) < 4.78 is 0. The first-order valence-corrected chi connectivity index (χ1v) is 5.31. The van der Waals surface area contributed by atoms with Gasteiger partial charge in [-0.05, 0) is 20.3 Å². The zero-order chi connectivity index (χ0) is 11.4. The Morgan fingerprint density at radius 3 is 2.87 bits per heavy atom. The van der Waals surface area contributed by atoms with Crippen LogP contribution in [0, 0.1) is 0 Å². The van der Waals surface area contributed by atoms with Gasteiger partial charge in [0, 0.05) is 19.1 Å². The molecule has 2 unspecified atom stereocenters. The molecule has 5 nitrogen and oxygen atoms in total. The predicted molar refractivity (Wildman–Crippen MR) is 55.5 cm³/mol. The van der Waals surface area contributed by atoms with Gasteiger partial charge in [0.15, 0.2) is 0 Å². The maximum Gasteiger partial charge on any atom is 0.305 e. The average Bonchev–Trinajstić information content (AvgIpc) is 2.27. The largest absolute Gasteiger partial charge is 0.481 e. The van der Waals surface area contributed by atoms with Gasteiger partial charge in [-0.1, -0.05) is 0 Å². The highest BCUT2D eigenvalue weighted by Gasteiger charge is 2.29. The standard InChI is InChI=1S/C10H18N2O3/c1-3-12-5-4-7(2)11-8(10(12)15)6-9(13)14/h7-8,11H,3-6H2,1-2H3,(H,13,14). The van der Waals surface area contributed by atoms with Crippen molar-refractivity contribution in [1.29, 1.82) is 0 Å². The summed E-state index contributed by atoms with van der Waals surface area (Å²) in [5.41, 5.74) is 0. The number of nitrogens with zero attached hydrogens (tertiary/aromatic N) is 1. The van der Waals surface area contributed by atoms with Gasteiger partial charge >= 0.3 is 5.97 Å². The predicted octanol–water partition coefficient (Wildman–Crippen LogP) is 0.0600. The molecule has 5 heteroatoms. The van der Waals surface area contributed by atoms with Crippen LogP contribution in [0.5, 0.6) is 0 Å². The van der Waals surface area contributed by atoms with E-state index in [1.54, 1.807) is 4.90 Å². The maximum absolute atomic E-state index is 11.9. The Balaban J connectivity index is 2.72. The molecule has 0 aromatic carbocycles. The summed E-state index contributed by atoms with van der Waals surface area (Å²) in [5, 5.41) is 11.8. The van der Waals surface area contributed by atoms with Crippen LogP contribution in [-0.2, 0) is 9.59 Å². The number of rotatable bonds is 3. The van der Waals surface area contributed by atoms with Crippen LogP contribution in [0.15, 0.2) is 0 Å². The number of hydrogen-bond acceptors (Lipinski definition) is 3. The molecule has 0 saturated carbocycles. The molecule has 0 radical (unpaired) electrons. The van der Waals surface area contributed by atoms with E-state index in [-0.39, 0.29) is 18.4 Å². The molecule has 0 aromatic rings. The highest BCUT2D eigenvalue weighted by Crippen LogP contribution is 2.09. The lowest BCUT2D eigenvalue weighted by Crippen LogP contribution is -2.46. The fourth-order valence-electron chi connectivity index (χ4n) is 1.81. The first-order valence-electron chi connectivity index (χ1n) is 5.31. The summed E-state index contributed by atoms with van der Waals surface area (Å²) in [7, 11) is 0. The molecule has 1 aliphatic rings. The Morgan fingerprint density at radius 2 is 2.33 bits per heavy atom. The Labute approximate surface area is 89.4 Å². The number of carboxylic acid groups (broad SMARTS) is 1. The quantitative estimate of drug-likeness (QED) is 0.697. The van der Waals surface area contributed by atoms with Crippen LogP contribution < -0.4 is 5.32 Å². The van der Waals surface area contributed by atoms with Crippen molar-refractivity contribution in [3.63, 3.8) is 0 Å². The minimum absolute atomic E-state index is 0.0933. The molecule has 1 aliphatic heterocycles. The molecule has 0 aliphatic carbocycles. The molecular formula is C10H18N2O3. The summed E-state index contributed by atoms with van der Waals surface area (Å²) in [6.45, 7) is 5.23.